The summed E-state index contributed by atoms with van der Waals surface area (Å²) in [7, 11) is -1.99. The number of nitrogens with two attached hydrogens (primary N) is 1. The summed E-state index contributed by atoms with van der Waals surface area (Å²) in [5.74, 6) is 1.20. The van der Waals surface area contributed by atoms with E-state index >= 15 is 0 Å². The number of halogens is 1. The highest BCUT2D eigenvalue weighted by atomic mass is 35.5. The summed E-state index contributed by atoms with van der Waals surface area (Å²) in [5, 5.41) is 20.5. The first-order valence-corrected chi connectivity index (χ1v) is 12.5. The average molecular weight is 477 g/mol. The third-order valence-corrected chi connectivity index (χ3v) is 7.20. The highest BCUT2D eigenvalue weighted by Gasteiger charge is 2.24. The molecule has 10 heteroatoms. The van der Waals surface area contributed by atoms with E-state index in [1.54, 1.807) is 25.3 Å². The predicted octanol–water partition coefficient (Wildman–Crippen LogP) is 2.83. The summed E-state index contributed by atoms with van der Waals surface area (Å²) >= 11 is 6.28. The van der Waals surface area contributed by atoms with Gasteiger partial charge in [0.25, 0.3) is 0 Å². The number of fused-ring (bicyclic) bond motifs is 1. The molecule has 1 saturated heterocycles. The molecule has 0 spiro atoms. The molecule has 3 N–H and O–H groups in total. The molecule has 1 aliphatic rings. The number of piperidine rings is 1. The van der Waals surface area contributed by atoms with Crippen LogP contribution in [0.2, 0.25) is 5.02 Å². The minimum Gasteiger partial charge on any atom is -0.495 e. The van der Waals surface area contributed by atoms with Gasteiger partial charge < -0.3 is 20.5 Å². The number of nitrogen functional groups attached to an aromatic ring is 1. The third kappa shape index (κ3) is 4.32. The van der Waals surface area contributed by atoms with Gasteiger partial charge >= 0.3 is 0 Å². The number of hydrogen-bond donors (Lipinski definition) is 2. The fourth-order valence-electron chi connectivity index (χ4n) is 4.08. The molecular formula is C22H25ClN4O4S. The average Bonchev–Trinajstić information content (AvgIpc) is 2.74. The second-order valence-corrected chi connectivity index (χ2v) is 10.4. The molecule has 0 aliphatic carbocycles. The zero-order valence-corrected chi connectivity index (χ0v) is 19.4. The first kappa shape index (κ1) is 22.6. The maximum absolute atomic E-state index is 12.3. The molecule has 2 aromatic carbocycles. The lowest BCUT2D eigenvalue weighted by atomic mass is 10.0. The molecule has 0 unspecified atom stereocenters. The van der Waals surface area contributed by atoms with E-state index < -0.39 is 9.84 Å². The maximum atomic E-state index is 12.3. The van der Waals surface area contributed by atoms with Gasteiger partial charge in [-0.1, -0.05) is 17.7 Å². The minimum atomic E-state index is -3.53. The standard InChI is InChI=1S/C22H25ClN4O4S/c1-31-18-5-3-13(11-16(18)23)12-17-20-15(4-6-19(21(20)24)32(2,29)30)22(26-25-17)27-9-7-14(28)8-10-27/h3-6,11,14,28H,7-10,12,24H2,1-2H3. The molecule has 2 heterocycles. The Morgan fingerprint density at radius 2 is 1.94 bits per heavy atom. The molecule has 0 bridgehead atoms. The SMILES string of the molecule is COc1ccc(Cc2nnc(N3CCC(O)CC3)c3ccc(S(C)(=O)=O)c(N)c23)cc1Cl. The highest BCUT2D eigenvalue weighted by Crippen LogP contribution is 2.36. The zero-order valence-electron chi connectivity index (χ0n) is 17.9. The van der Waals surface area contributed by atoms with Crippen molar-refractivity contribution in [2.24, 2.45) is 0 Å². The van der Waals surface area contributed by atoms with Crippen LogP contribution >= 0.6 is 11.6 Å². The van der Waals surface area contributed by atoms with Crippen molar-refractivity contribution in [1.29, 1.82) is 0 Å². The summed E-state index contributed by atoms with van der Waals surface area (Å²) in [4.78, 5) is 2.11. The first-order valence-electron chi connectivity index (χ1n) is 10.2. The Kier molecular flexibility index (Phi) is 6.15. The number of benzene rings is 2. The molecule has 0 radical (unpaired) electrons. The fourth-order valence-corrected chi connectivity index (χ4v) is 5.18. The Morgan fingerprint density at radius 3 is 2.56 bits per heavy atom. The van der Waals surface area contributed by atoms with E-state index in [4.69, 9.17) is 22.1 Å². The van der Waals surface area contributed by atoms with Gasteiger partial charge in [0.2, 0.25) is 0 Å². The molecule has 0 saturated carbocycles. The quantitative estimate of drug-likeness (QED) is 0.539. The van der Waals surface area contributed by atoms with Crippen LogP contribution < -0.4 is 15.4 Å². The van der Waals surface area contributed by atoms with Crippen molar-refractivity contribution in [2.75, 3.05) is 37.1 Å². The van der Waals surface area contributed by atoms with Gasteiger partial charge in [-0.15, -0.1) is 5.10 Å². The normalized spacial score (nSPS) is 15.3. The lowest BCUT2D eigenvalue weighted by molar-refractivity contribution is 0.145. The Hall–Kier alpha value is -2.62. The fraction of sp³-hybridized carbons (Fsp3) is 0.364. The number of hydrogen-bond acceptors (Lipinski definition) is 8. The topological polar surface area (TPSA) is 119 Å². The Balaban J connectivity index is 1.87. The number of anilines is 2. The lowest BCUT2D eigenvalue weighted by Crippen LogP contribution is -2.36. The van der Waals surface area contributed by atoms with Crippen LogP contribution in [0.25, 0.3) is 10.8 Å². The number of ether oxygens (including phenoxy) is 1. The Labute approximate surface area is 191 Å². The summed E-state index contributed by atoms with van der Waals surface area (Å²) in [6.07, 6.45) is 2.43. The number of rotatable bonds is 5. The van der Waals surface area contributed by atoms with Crippen molar-refractivity contribution in [3.63, 3.8) is 0 Å². The minimum absolute atomic E-state index is 0.0621. The first-order chi connectivity index (χ1) is 15.2. The van der Waals surface area contributed by atoms with Crippen LogP contribution in [0.3, 0.4) is 0 Å². The monoisotopic (exact) mass is 476 g/mol. The number of nitrogens with zero attached hydrogens (tertiary/aromatic N) is 3. The second-order valence-electron chi connectivity index (χ2n) is 8.01. The molecule has 1 aromatic heterocycles. The summed E-state index contributed by atoms with van der Waals surface area (Å²) < 4.78 is 29.9. The van der Waals surface area contributed by atoms with Crippen LogP contribution in [0.1, 0.15) is 24.1 Å². The Morgan fingerprint density at radius 1 is 1.22 bits per heavy atom. The van der Waals surface area contributed by atoms with Gasteiger partial charge in [0.1, 0.15) is 5.75 Å². The molecule has 3 aromatic rings. The van der Waals surface area contributed by atoms with Crippen molar-refractivity contribution < 1.29 is 18.3 Å². The second kappa shape index (κ2) is 8.73. The van der Waals surface area contributed by atoms with E-state index in [1.807, 2.05) is 6.07 Å². The molecule has 8 nitrogen and oxygen atoms in total. The van der Waals surface area contributed by atoms with Crippen molar-refractivity contribution >= 4 is 43.7 Å². The number of aromatic nitrogens is 2. The van der Waals surface area contributed by atoms with Gasteiger partial charge in [0.05, 0.1) is 34.5 Å². The molecule has 1 fully saturated rings. The molecule has 4 rings (SSSR count). The Bertz CT molecular complexity index is 1270. The molecular weight excluding hydrogens is 452 g/mol. The van der Waals surface area contributed by atoms with E-state index in [2.05, 4.69) is 15.1 Å². The van der Waals surface area contributed by atoms with E-state index in [1.165, 1.54) is 6.07 Å². The van der Waals surface area contributed by atoms with E-state index in [9.17, 15) is 13.5 Å². The summed E-state index contributed by atoms with van der Waals surface area (Å²) in [5.41, 5.74) is 7.99. The molecule has 32 heavy (non-hydrogen) atoms. The molecule has 1 aliphatic heterocycles. The zero-order chi connectivity index (χ0) is 23.0. The van der Waals surface area contributed by atoms with Gasteiger partial charge in [-0.2, -0.15) is 5.10 Å². The maximum Gasteiger partial charge on any atom is 0.177 e. The lowest BCUT2D eigenvalue weighted by Gasteiger charge is -2.31. The van der Waals surface area contributed by atoms with E-state index in [0.717, 1.165) is 17.2 Å². The smallest absolute Gasteiger partial charge is 0.177 e. The number of aliphatic hydroxyl groups is 1. The third-order valence-electron chi connectivity index (χ3n) is 5.75. The highest BCUT2D eigenvalue weighted by molar-refractivity contribution is 7.90. The van der Waals surface area contributed by atoms with Gasteiger partial charge in [-0.3, -0.25) is 0 Å². The van der Waals surface area contributed by atoms with Crippen LogP contribution in [0, 0.1) is 0 Å². The largest absolute Gasteiger partial charge is 0.495 e. The number of aliphatic hydroxyl groups excluding tert-OH is 1. The van der Waals surface area contributed by atoms with Crippen LogP contribution in [0.15, 0.2) is 35.2 Å². The van der Waals surface area contributed by atoms with Gasteiger partial charge in [0.15, 0.2) is 15.7 Å². The molecule has 0 amide bonds. The molecule has 0 atom stereocenters. The number of methoxy groups -OCH3 is 1. The van der Waals surface area contributed by atoms with Gasteiger partial charge in [-0.25, -0.2) is 8.42 Å². The van der Waals surface area contributed by atoms with E-state index in [0.29, 0.717) is 60.0 Å². The number of sulfone groups is 1. The van der Waals surface area contributed by atoms with Crippen LogP contribution in [-0.4, -0.2) is 56.3 Å². The van der Waals surface area contributed by atoms with Gasteiger partial charge in [-0.05, 0) is 42.7 Å². The van der Waals surface area contributed by atoms with Crippen molar-refractivity contribution in [3.05, 3.63) is 46.6 Å². The van der Waals surface area contributed by atoms with Crippen LogP contribution in [0.5, 0.6) is 5.75 Å². The molecule has 170 valence electrons. The van der Waals surface area contributed by atoms with Crippen molar-refractivity contribution in [2.45, 2.75) is 30.3 Å². The van der Waals surface area contributed by atoms with Crippen LogP contribution in [-0.2, 0) is 16.3 Å². The van der Waals surface area contributed by atoms with Crippen molar-refractivity contribution in [1.82, 2.24) is 10.2 Å². The van der Waals surface area contributed by atoms with E-state index in [-0.39, 0.29) is 16.7 Å². The van der Waals surface area contributed by atoms with Crippen molar-refractivity contribution in [3.8, 4) is 5.75 Å². The summed E-state index contributed by atoms with van der Waals surface area (Å²) in [6, 6.07) is 8.68. The predicted molar refractivity (Wildman–Crippen MR) is 125 cm³/mol. The summed E-state index contributed by atoms with van der Waals surface area (Å²) in [6.45, 7) is 1.26. The van der Waals surface area contributed by atoms with Gasteiger partial charge in [0, 0.05) is 36.5 Å². The van der Waals surface area contributed by atoms with Crippen LogP contribution in [0.4, 0.5) is 11.5 Å².